The maximum absolute atomic E-state index is 11.6. The lowest BCUT2D eigenvalue weighted by molar-refractivity contribution is -0.135. The summed E-state index contributed by atoms with van der Waals surface area (Å²) in [7, 11) is 0. The van der Waals surface area contributed by atoms with Crippen molar-refractivity contribution < 1.29 is 9.53 Å². The molecule has 1 amide bonds. The highest BCUT2D eigenvalue weighted by Crippen LogP contribution is 2.07. The van der Waals surface area contributed by atoms with Gasteiger partial charge < -0.3 is 9.64 Å². The molecule has 90 valence electrons. The maximum Gasteiger partial charge on any atom is 0.222 e. The summed E-state index contributed by atoms with van der Waals surface area (Å²) >= 11 is 0. The molecular formula is C12H25NO2. The van der Waals surface area contributed by atoms with E-state index in [0.717, 1.165) is 19.5 Å². The number of rotatable bonds is 3. The van der Waals surface area contributed by atoms with Gasteiger partial charge in [0.25, 0.3) is 0 Å². The van der Waals surface area contributed by atoms with E-state index in [0.29, 0.717) is 25.6 Å². The van der Waals surface area contributed by atoms with Crippen molar-refractivity contribution in [3.63, 3.8) is 0 Å². The highest BCUT2D eigenvalue weighted by atomic mass is 16.5. The molecule has 0 unspecified atom stereocenters. The van der Waals surface area contributed by atoms with Crippen LogP contribution in [0.5, 0.6) is 0 Å². The SMILES string of the molecule is CC.CC(C)CCC(=O)N1CCOCC1. The van der Waals surface area contributed by atoms with Gasteiger partial charge in [0.1, 0.15) is 0 Å². The van der Waals surface area contributed by atoms with Crippen LogP contribution in [0.2, 0.25) is 0 Å². The van der Waals surface area contributed by atoms with E-state index in [1.807, 2.05) is 18.7 Å². The second kappa shape index (κ2) is 8.72. The van der Waals surface area contributed by atoms with Crippen molar-refractivity contribution in [3.8, 4) is 0 Å². The van der Waals surface area contributed by atoms with Crippen LogP contribution in [-0.4, -0.2) is 37.1 Å². The van der Waals surface area contributed by atoms with Gasteiger partial charge in [-0.25, -0.2) is 0 Å². The predicted molar refractivity (Wildman–Crippen MR) is 62.8 cm³/mol. The number of carbonyl (C=O) groups excluding carboxylic acids is 1. The zero-order valence-corrected chi connectivity index (χ0v) is 10.6. The summed E-state index contributed by atoms with van der Waals surface area (Å²) in [6.45, 7) is 11.2. The van der Waals surface area contributed by atoms with E-state index in [1.165, 1.54) is 0 Å². The molecule has 1 rings (SSSR count). The van der Waals surface area contributed by atoms with E-state index in [2.05, 4.69) is 13.8 Å². The van der Waals surface area contributed by atoms with Crippen LogP contribution in [0.1, 0.15) is 40.5 Å². The Kier molecular flexibility index (Phi) is 8.38. The lowest BCUT2D eigenvalue weighted by Gasteiger charge is -2.27. The summed E-state index contributed by atoms with van der Waals surface area (Å²) in [5.74, 6) is 0.905. The third-order valence-corrected chi connectivity index (χ3v) is 2.30. The molecule has 15 heavy (non-hydrogen) atoms. The molecule has 1 fully saturated rings. The van der Waals surface area contributed by atoms with E-state index in [1.54, 1.807) is 0 Å². The highest BCUT2D eigenvalue weighted by molar-refractivity contribution is 5.76. The number of morpholine rings is 1. The van der Waals surface area contributed by atoms with E-state index >= 15 is 0 Å². The Balaban J connectivity index is 0.000000921. The lowest BCUT2D eigenvalue weighted by Crippen LogP contribution is -2.40. The minimum Gasteiger partial charge on any atom is -0.378 e. The van der Waals surface area contributed by atoms with Gasteiger partial charge in [-0.05, 0) is 12.3 Å². The molecule has 3 heteroatoms. The van der Waals surface area contributed by atoms with Gasteiger partial charge in [0.2, 0.25) is 5.91 Å². The quantitative estimate of drug-likeness (QED) is 0.723. The van der Waals surface area contributed by atoms with Crippen molar-refractivity contribution in [2.75, 3.05) is 26.3 Å². The molecular weight excluding hydrogens is 190 g/mol. The number of hydrogen-bond donors (Lipinski definition) is 0. The molecule has 1 saturated heterocycles. The highest BCUT2D eigenvalue weighted by Gasteiger charge is 2.16. The molecule has 3 nitrogen and oxygen atoms in total. The van der Waals surface area contributed by atoms with Crippen LogP contribution in [0.4, 0.5) is 0 Å². The minimum absolute atomic E-state index is 0.289. The van der Waals surface area contributed by atoms with E-state index in [9.17, 15) is 4.79 Å². The monoisotopic (exact) mass is 215 g/mol. The van der Waals surface area contributed by atoms with Crippen LogP contribution in [-0.2, 0) is 9.53 Å². The Labute approximate surface area is 93.8 Å². The van der Waals surface area contributed by atoms with E-state index in [-0.39, 0.29) is 5.91 Å². The Morgan fingerprint density at radius 3 is 2.27 bits per heavy atom. The van der Waals surface area contributed by atoms with Crippen molar-refractivity contribution in [2.24, 2.45) is 5.92 Å². The van der Waals surface area contributed by atoms with Gasteiger partial charge in [0.15, 0.2) is 0 Å². The van der Waals surface area contributed by atoms with E-state index in [4.69, 9.17) is 4.74 Å². The number of ether oxygens (including phenoxy) is 1. The van der Waals surface area contributed by atoms with Gasteiger partial charge >= 0.3 is 0 Å². The molecule has 0 aliphatic carbocycles. The van der Waals surface area contributed by atoms with Gasteiger partial charge in [0.05, 0.1) is 13.2 Å². The second-order valence-corrected chi connectivity index (χ2v) is 3.93. The molecule has 0 radical (unpaired) electrons. The molecule has 0 saturated carbocycles. The molecule has 0 atom stereocenters. The zero-order chi connectivity index (χ0) is 11.7. The number of nitrogens with zero attached hydrogens (tertiary/aromatic N) is 1. The van der Waals surface area contributed by atoms with Crippen LogP contribution in [0.3, 0.4) is 0 Å². The fourth-order valence-corrected chi connectivity index (χ4v) is 1.38. The lowest BCUT2D eigenvalue weighted by atomic mass is 10.1. The summed E-state index contributed by atoms with van der Waals surface area (Å²) in [5, 5.41) is 0. The normalized spacial score (nSPS) is 15.9. The first-order valence-electron chi connectivity index (χ1n) is 6.05. The average molecular weight is 215 g/mol. The standard InChI is InChI=1S/C10H19NO2.C2H6/c1-9(2)3-4-10(12)11-5-7-13-8-6-11;1-2/h9H,3-8H2,1-2H3;1-2H3. The summed E-state index contributed by atoms with van der Waals surface area (Å²) < 4.78 is 5.18. The van der Waals surface area contributed by atoms with Crippen LogP contribution < -0.4 is 0 Å². The number of carbonyl (C=O) groups is 1. The third-order valence-electron chi connectivity index (χ3n) is 2.30. The van der Waals surface area contributed by atoms with Gasteiger partial charge in [0, 0.05) is 19.5 Å². The number of hydrogen-bond acceptors (Lipinski definition) is 2. The molecule has 1 aliphatic heterocycles. The Morgan fingerprint density at radius 2 is 1.80 bits per heavy atom. The second-order valence-electron chi connectivity index (χ2n) is 3.93. The van der Waals surface area contributed by atoms with Crippen molar-refractivity contribution in [1.29, 1.82) is 0 Å². The molecule has 0 bridgehead atoms. The number of amides is 1. The van der Waals surface area contributed by atoms with Crippen molar-refractivity contribution >= 4 is 5.91 Å². The van der Waals surface area contributed by atoms with Gasteiger partial charge in [-0.1, -0.05) is 27.7 Å². The first-order chi connectivity index (χ1) is 7.20. The molecule has 0 spiro atoms. The molecule has 0 aromatic carbocycles. The smallest absolute Gasteiger partial charge is 0.222 e. The summed E-state index contributed by atoms with van der Waals surface area (Å²) in [6, 6.07) is 0. The van der Waals surface area contributed by atoms with Crippen LogP contribution >= 0.6 is 0 Å². The minimum atomic E-state index is 0.289. The summed E-state index contributed by atoms with van der Waals surface area (Å²) in [5.41, 5.74) is 0. The van der Waals surface area contributed by atoms with Crippen LogP contribution in [0.25, 0.3) is 0 Å². The third kappa shape index (κ3) is 6.50. The molecule has 0 aromatic heterocycles. The van der Waals surface area contributed by atoms with Gasteiger partial charge in [-0.2, -0.15) is 0 Å². The summed E-state index contributed by atoms with van der Waals surface area (Å²) in [6.07, 6.45) is 1.69. The van der Waals surface area contributed by atoms with Crippen molar-refractivity contribution in [1.82, 2.24) is 4.90 Å². The maximum atomic E-state index is 11.6. The fourth-order valence-electron chi connectivity index (χ4n) is 1.38. The Morgan fingerprint density at radius 1 is 1.27 bits per heavy atom. The first-order valence-corrected chi connectivity index (χ1v) is 6.05. The largest absolute Gasteiger partial charge is 0.378 e. The molecule has 1 heterocycles. The molecule has 0 aromatic rings. The molecule has 1 aliphatic rings. The zero-order valence-electron chi connectivity index (χ0n) is 10.6. The van der Waals surface area contributed by atoms with Crippen LogP contribution in [0.15, 0.2) is 0 Å². The topological polar surface area (TPSA) is 29.5 Å². The van der Waals surface area contributed by atoms with E-state index < -0.39 is 0 Å². The van der Waals surface area contributed by atoms with Gasteiger partial charge in [-0.3, -0.25) is 4.79 Å². The first kappa shape index (κ1) is 14.4. The Bertz CT molecular complexity index is 163. The predicted octanol–water partition coefficient (Wildman–Crippen LogP) is 2.31. The summed E-state index contributed by atoms with van der Waals surface area (Å²) in [4.78, 5) is 13.5. The fraction of sp³-hybridized carbons (Fsp3) is 0.917. The van der Waals surface area contributed by atoms with Crippen molar-refractivity contribution in [3.05, 3.63) is 0 Å². The molecule has 0 N–H and O–H groups in total. The Hall–Kier alpha value is -0.570. The van der Waals surface area contributed by atoms with Crippen LogP contribution in [0, 0.1) is 5.92 Å². The van der Waals surface area contributed by atoms with Gasteiger partial charge in [-0.15, -0.1) is 0 Å². The average Bonchev–Trinajstić information content (AvgIpc) is 2.30. The van der Waals surface area contributed by atoms with Crippen molar-refractivity contribution in [2.45, 2.75) is 40.5 Å².